The van der Waals surface area contributed by atoms with Crippen molar-refractivity contribution < 1.29 is 8.81 Å². The van der Waals surface area contributed by atoms with E-state index in [1.165, 1.54) is 12.1 Å². The molecule has 0 atom stereocenters. The van der Waals surface area contributed by atoms with Gasteiger partial charge in [0, 0.05) is 31.2 Å². The Morgan fingerprint density at radius 1 is 1.38 bits per heavy atom. The highest BCUT2D eigenvalue weighted by atomic mass is 19.1. The molecule has 0 radical (unpaired) electrons. The highest BCUT2D eigenvalue weighted by molar-refractivity contribution is 5.52. The van der Waals surface area contributed by atoms with Gasteiger partial charge in [0.15, 0.2) is 0 Å². The van der Waals surface area contributed by atoms with Crippen molar-refractivity contribution in [1.82, 2.24) is 15.2 Å². The lowest BCUT2D eigenvalue weighted by molar-refractivity contribution is 0.192. The molecule has 1 fully saturated rings. The smallest absolute Gasteiger partial charge is 0.226 e. The molecule has 0 aliphatic carbocycles. The Morgan fingerprint density at radius 3 is 2.90 bits per heavy atom. The number of oxazole rings is 1. The highest BCUT2D eigenvalue weighted by Gasteiger charge is 2.19. The summed E-state index contributed by atoms with van der Waals surface area (Å²) >= 11 is 0. The number of aromatic nitrogens is 1. The first kappa shape index (κ1) is 14.2. The number of piperidine rings is 1. The Bertz CT molecular complexity index is 591. The molecule has 0 bridgehead atoms. The van der Waals surface area contributed by atoms with Crippen molar-refractivity contribution in [2.75, 3.05) is 20.1 Å². The van der Waals surface area contributed by atoms with Gasteiger partial charge in [0.25, 0.3) is 0 Å². The van der Waals surface area contributed by atoms with Crippen LogP contribution < -0.4 is 5.32 Å². The third-order valence-corrected chi connectivity index (χ3v) is 4.00. The van der Waals surface area contributed by atoms with Crippen LogP contribution in [0, 0.1) is 5.82 Å². The number of halogens is 1. The second kappa shape index (κ2) is 6.37. The van der Waals surface area contributed by atoms with Crippen LogP contribution >= 0.6 is 0 Å². The van der Waals surface area contributed by atoms with Crippen molar-refractivity contribution in [2.45, 2.75) is 25.4 Å². The lowest BCUT2D eigenvalue weighted by atomic mass is 10.1. The summed E-state index contributed by atoms with van der Waals surface area (Å²) in [5, 5.41) is 3.32. The van der Waals surface area contributed by atoms with Crippen LogP contribution in [0.5, 0.6) is 0 Å². The minimum absolute atomic E-state index is 0.276. The van der Waals surface area contributed by atoms with Gasteiger partial charge in [0.2, 0.25) is 5.89 Å². The maximum Gasteiger partial charge on any atom is 0.226 e. The molecular formula is C16H20FN3O. The van der Waals surface area contributed by atoms with Crippen molar-refractivity contribution in [3.05, 3.63) is 42.0 Å². The molecule has 0 spiro atoms. The first-order valence-corrected chi connectivity index (χ1v) is 7.34. The fourth-order valence-electron chi connectivity index (χ4n) is 2.74. The van der Waals surface area contributed by atoms with Crippen molar-refractivity contribution in [3.8, 4) is 11.5 Å². The molecule has 2 aromatic rings. The van der Waals surface area contributed by atoms with E-state index in [9.17, 15) is 4.39 Å². The number of hydrogen-bond acceptors (Lipinski definition) is 4. The van der Waals surface area contributed by atoms with Crippen LogP contribution in [0.25, 0.3) is 11.5 Å². The van der Waals surface area contributed by atoms with E-state index < -0.39 is 0 Å². The zero-order valence-electron chi connectivity index (χ0n) is 12.2. The number of benzene rings is 1. The molecule has 112 valence electrons. The Morgan fingerprint density at radius 2 is 2.19 bits per heavy atom. The summed E-state index contributed by atoms with van der Waals surface area (Å²) in [7, 11) is 2.02. The minimum atomic E-state index is -0.276. The second-order valence-corrected chi connectivity index (χ2v) is 5.49. The van der Waals surface area contributed by atoms with Crippen molar-refractivity contribution >= 4 is 0 Å². The average Bonchev–Trinajstić information content (AvgIpc) is 2.97. The van der Waals surface area contributed by atoms with Gasteiger partial charge in [-0.1, -0.05) is 6.07 Å². The van der Waals surface area contributed by atoms with Gasteiger partial charge < -0.3 is 9.73 Å². The van der Waals surface area contributed by atoms with Gasteiger partial charge in [-0.25, -0.2) is 9.37 Å². The predicted octanol–water partition coefficient (Wildman–Crippen LogP) is 2.66. The zero-order chi connectivity index (χ0) is 14.7. The molecule has 1 aliphatic rings. The van der Waals surface area contributed by atoms with E-state index in [0.29, 0.717) is 17.5 Å². The molecule has 0 saturated carbocycles. The van der Waals surface area contributed by atoms with Gasteiger partial charge in [-0.15, -0.1) is 0 Å². The number of nitrogens with one attached hydrogen (secondary N) is 1. The third-order valence-electron chi connectivity index (χ3n) is 4.00. The third kappa shape index (κ3) is 3.49. The van der Waals surface area contributed by atoms with Crippen LogP contribution in [0.4, 0.5) is 4.39 Å². The Kier molecular flexibility index (Phi) is 4.31. The standard InChI is InChI=1S/C16H20FN3O/c1-18-14-5-7-20(8-6-14)10-15-11-21-16(19-15)12-3-2-4-13(17)9-12/h2-4,9,11,14,18H,5-8,10H2,1H3. The monoisotopic (exact) mass is 289 g/mol. The first-order chi connectivity index (χ1) is 10.2. The fourth-order valence-corrected chi connectivity index (χ4v) is 2.74. The van der Waals surface area contributed by atoms with Crippen LogP contribution in [0.15, 0.2) is 34.9 Å². The highest BCUT2D eigenvalue weighted by Crippen LogP contribution is 2.21. The average molecular weight is 289 g/mol. The summed E-state index contributed by atoms with van der Waals surface area (Å²) in [6.45, 7) is 2.91. The molecule has 1 aromatic carbocycles. The summed E-state index contributed by atoms with van der Waals surface area (Å²) in [4.78, 5) is 6.84. The SMILES string of the molecule is CNC1CCN(Cc2coc(-c3cccc(F)c3)n2)CC1. The van der Waals surface area contributed by atoms with E-state index >= 15 is 0 Å². The Labute approximate surface area is 124 Å². The van der Waals surface area contributed by atoms with Gasteiger partial charge in [-0.3, -0.25) is 4.90 Å². The number of rotatable bonds is 4. The molecule has 4 nitrogen and oxygen atoms in total. The maximum absolute atomic E-state index is 13.2. The van der Waals surface area contributed by atoms with Gasteiger partial charge in [-0.05, 0) is 38.1 Å². The van der Waals surface area contributed by atoms with E-state index in [1.54, 1.807) is 18.4 Å². The lowest BCUT2D eigenvalue weighted by Gasteiger charge is -2.31. The summed E-state index contributed by atoms with van der Waals surface area (Å²) in [6.07, 6.45) is 3.99. The van der Waals surface area contributed by atoms with E-state index in [2.05, 4.69) is 15.2 Å². The largest absolute Gasteiger partial charge is 0.444 e. The summed E-state index contributed by atoms with van der Waals surface area (Å²) in [5.74, 6) is 0.205. The van der Waals surface area contributed by atoms with Crippen molar-refractivity contribution in [3.63, 3.8) is 0 Å². The van der Waals surface area contributed by atoms with Gasteiger partial charge in [0.1, 0.15) is 12.1 Å². The molecule has 5 heteroatoms. The van der Waals surface area contributed by atoms with E-state index in [0.717, 1.165) is 38.2 Å². The summed E-state index contributed by atoms with van der Waals surface area (Å²) < 4.78 is 18.7. The fraction of sp³-hybridized carbons (Fsp3) is 0.438. The van der Waals surface area contributed by atoms with Crippen LogP contribution in [0.1, 0.15) is 18.5 Å². The van der Waals surface area contributed by atoms with Gasteiger partial charge in [-0.2, -0.15) is 0 Å². The molecule has 2 heterocycles. The van der Waals surface area contributed by atoms with Crippen LogP contribution in [0.2, 0.25) is 0 Å². The number of nitrogens with zero attached hydrogens (tertiary/aromatic N) is 2. The summed E-state index contributed by atoms with van der Waals surface area (Å²) in [6, 6.07) is 6.95. The van der Waals surface area contributed by atoms with E-state index in [1.807, 2.05) is 7.05 Å². The molecule has 0 amide bonds. The molecule has 1 N–H and O–H groups in total. The van der Waals surface area contributed by atoms with Crippen LogP contribution in [-0.4, -0.2) is 36.1 Å². The Hall–Kier alpha value is -1.72. The van der Waals surface area contributed by atoms with E-state index in [4.69, 9.17) is 4.42 Å². The minimum Gasteiger partial charge on any atom is -0.444 e. The topological polar surface area (TPSA) is 41.3 Å². The summed E-state index contributed by atoms with van der Waals surface area (Å²) in [5.41, 5.74) is 1.58. The molecular weight excluding hydrogens is 269 g/mol. The molecule has 0 unspecified atom stereocenters. The van der Waals surface area contributed by atoms with Crippen LogP contribution in [0.3, 0.4) is 0 Å². The normalized spacial score (nSPS) is 17.2. The first-order valence-electron chi connectivity index (χ1n) is 7.34. The number of hydrogen-bond donors (Lipinski definition) is 1. The molecule has 1 aliphatic heterocycles. The van der Waals surface area contributed by atoms with Crippen molar-refractivity contribution in [2.24, 2.45) is 0 Å². The maximum atomic E-state index is 13.2. The number of likely N-dealkylation sites (tertiary alicyclic amines) is 1. The predicted molar refractivity (Wildman–Crippen MR) is 79.3 cm³/mol. The molecule has 1 saturated heterocycles. The molecule has 21 heavy (non-hydrogen) atoms. The zero-order valence-corrected chi connectivity index (χ0v) is 12.2. The van der Waals surface area contributed by atoms with Gasteiger partial charge in [0.05, 0.1) is 5.69 Å². The second-order valence-electron chi connectivity index (χ2n) is 5.49. The quantitative estimate of drug-likeness (QED) is 0.939. The van der Waals surface area contributed by atoms with E-state index in [-0.39, 0.29) is 5.82 Å². The van der Waals surface area contributed by atoms with Crippen molar-refractivity contribution in [1.29, 1.82) is 0 Å². The lowest BCUT2D eigenvalue weighted by Crippen LogP contribution is -2.40. The molecule has 1 aromatic heterocycles. The van der Waals surface area contributed by atoms with Gasteiger partial charge >= 0.3 is 0 Å². The van der Waals surface area contributed by atoms with Crippen LogP contribution in [-0.2, 0) is 6.54 Å². The Balaban J connectivity index is 1.63. The molecule has 3 rings (SSSR count).